The number of halogens is 2. The highest BCUT2D eigenvalue weighted by molar-refractivity contribution is 8.03. The Labute approximate surface area is 69.3 Å². The molecular weight excluding hydrogens is 190 g/mol. The minimum absolute atomic E-state index is 0.686. The summed E-state index contributed by atoms with van der Waals surface area (Å²) >= 11 is 11.3. The molecule has 0 heterocycles. The molecule has 0 aromatic carbocycles. The zero-order valence-electron chi connectivity index (χ0n) is 6.12. The predicted molar refractivity (Wildman–Crippen MR) is 51.6 cm³/mol. The Bertz CT molecular complexity index is 79.5. The van der Waals surface area contributed by atoms with Crippen LogP contribution in [0.4, 0.5) is 0 Å². The van der Waals surface area contributed by atoms with E-state index in [1.807, 2.05) is 0 Å². The molecule has 9 heavy (non-hydrogen) atoms. The van der Waals surface area contributed by atoms with E-state index in [1.54, 1.807) is 0 Å². The summed E-state index contributed by atoms with van der Waals surface area (Å²) in [5.74, 6) is 0. The maximum atomic E-state index is 5.64. The van der Waals surface area contributed by atoms with E-state index >= 15 is 0 Å². The first kappa shape index (κ1) is 10.2. The maximum Gasteiger partial charge on any atom is 0.0851 e. The van der Waals surface area contributed by atoms with Crippen LogP contribution in [0.1, 0.15) is 0 Å². The van der Waals surface area contributed by atoms with E-state index in [-0.39, 0.29) is 0 Å². The number of hydrogen-bond donors (Lipinski definition) is 0. The van der Waals surface area contributed by atoms with Gasteiger partial charge in [0, 0.05) is 8.07 Å². The zero-order chi connectivity index (χ0) is 7.49. The largest absolute Gasteiger partial charge is 0.0851 e. The molecule has 56 valence electrons. The van der Waals surface area contributed by atoms with Gasteiger partial charge in [0.2, 0.25) is 0 Å². The van der Waals surface area contributed by atoms with Crippen molar-refractivity contribution in [3.63, 3.8) is 0 Å². The number of hydrogen-bond acceptors (Lipinski definition) is 0. The summed E-state index contributed by atoms with van der Waals surface area (Å²) in [7, 11) is -0.873. The summed E-state index contributed by atoms with van der Waals surface area (Å²) in [5.41, 5.74) is 0. The Hall–Kier alpha value is 1.23. The van der Waals surface area contributed by atoms with Gasteiger partial charge in [-0.05, 0) is 6.16 Å². The summed E-state index contributed by atoms with van der Waals surface area (Å²) in [5, 5.41) is 0. The molecule has 0 radical (unpaired) electrons. The van der Waals surface area contributed by atoms with Crippen molar-refractivity contribution >= 4 is 37.2 Å². The molecule has 0 spiro atoms. The van der Waals surface area contributed by atoms with Crippen molar-refractivity contribution in [3.05, 3.63) is 0 Å². The van der Waals surface area contributed by atoms with Crippen LogP contribution in [-0.4, -0.2) is 14.2 Å². The van der Waals surface area contributed by atoms with Gasteiger partial charge in [-0.3, -0.25) is 0 Å². The van der Waals surface area contributed by atoms with Gasteiger partial charge in [-0.1, -0.05) is 48.2 Å². The lowest BCUT2D eigenvalue weighted by Gasteiger charge is -2.14. The van der Waals surface area contributed by atoms with Gasteiger partial charge in [-0.2, -0.15) is 0 Å². The van der Waals surface area contributed by atoms with Gasteiger partial charge in [-0.25, -0.2) is 0 Å². The fraction of sp³-hybridized carbons (Fsp3) is 1.00. The molecule has 0 N–H and O–H groups in total. The van der Waals surface area contributed by atoms with Crippen LogP contribution >= 0.6 is 29.1 Å². The first-order chi connectivity index (χ1) is 3.92. The van der Waals surface area contributed by atoms with E-state index in [2.05, 4.69) is 19.6 Å². The predicted octanol–water partition coefficient (Wildman–Crippen LogP) is 4.11. The highest BCUT2D eigenvalue weighted by atomic mass is 35.9. The smallest absolute Gasteiger partial charge is 0.0781 e. The van der Waals surface area contributed by atoms with Crippen molar-refractivity contribution in [2.45, 2.75) is 25.7 Å². The van der Waals surface area contributed by atoms with Gasteiger partial charge in [-0.15, -0.1) is 0 Å². The molecule has 0 saturated carbocycles. The normalized spacial score (nSPS) is 12.7. The topological polar surface area (TPSA) is 0 Å². The molecule has 4 heteroatoms. The van der Waals surface area contributed by atoms with Crippen molar-refractivity contribution in [1.29, 1.82) is 0 Å². The summed E-state index contributed by atoms with van der Waals surface area (Å²) in [6.45, 7) is 6.31. The van der Waals surface area contributed by atoms with Crippen molar-refractivity contribution in [1.82, 2.24) is 0 Å². The monoisotopic (exact) mass is 202 g/mol. The summed E-state index contributed by atoms with van der Waals surface area (Å²) in [6.07, 6.45) is 1.02. The Morgan fingerprint density at radius 2 is 1.67 bits per heavy atom. The second kappa shape index (κ2) is 4.18. The quantitative estimate of drug-likeness (QED) is 0.478. The first-order valence-corrected chi connectivity index (χ1v) is 10.1. The summed E-state index contributed by atoms with van der Waals surface area (Å²) in [6, 6.07) is 1.26. The molecule has 0 aliphatic heterocycles. The summed E-state index contributed by atoms with van der Waals surface area (Å²) in [4.78, 5) is 0. The molecule has 0 aliphatic rings. The molecule has 0 rings (SSSR count). The van der Waals surface area contributed by atoms with Crippen LogP contribution in [0.25, 0.3) is 0 Å². The second-order valence-corrected chi connectivity index (χ2v) is 13.0. The Kier molecular flexibility index (Phi) is 4.75. The van der Waals surface area contributed by atoms with Gasteiger partial charge in [0.05, 0.1) is 6.63 Å². The Morgan fingerprint density at radius 1 is 1.22 bits per heavy atom. The van der Waals surface area contributed by atoms with Gasteiger partial charge in [0.1, 0.15) is 0 Å². The molecular formula is C5H13Cl2PSi. The SMILES string of the molecule is C[Si](C)(C)CCP(Cl)Cl. The average Bonchev–Trinajstić information content (AvgIpc) is 1.59. The third kappa shape index (κ3) is 9.23. The minimum atomic E-state index is -0.873. The second-order valence-electron chi connectivity index (χ2n) is 3.34. The van der Waals surface area contributed by atoms with Gasteiger partial charge < -0.3 is 0 Å². The highest BCUT2D eigenvalue weighted by Gasteiger charge is 2.13. The Balaban J connectivity index is 3.28. The van der Waals surface area contributed by atoms with Crippen LogP contribution in [0.2, 0.25) is 25.7 Å². The molecule has 0 fully saturated rings. The van der Waals surface area contributed by atoms with Crippen LogP contribution in [-0.2, 0) is 0 Å². The van der Waals surface area contributed by atoms with Gasteiger partial charge >= 0.3 is 0 Å². The lowest BCUT2D eigenvalue weighted by molar-refractivity contribution is 1.37. The Morgan fingerprint density at radius 3 is 1.78 bits per heavy atom. The maximum absolute atomic E-state index is 5.64. The molecule has 0 aliphatic carbocycles. The lowest BCUT2D eigenvalue weighted by atomic mass is 11.0. The highest BCUT2D eigenvalue weighted by Crippen LogP contribution is 2.47. The molecule has 0 bridgehead atoms. The van der Waals surface area contributed by atoms with Crippen LogP contribution in [0.15, 0.2) is 0 Å². The molecule has 0 nitrogen and oxygen atoms in total. The zero-order valence-corrected chi connectivity index (χ0v) is 9.52. The lowest BCUT2D eigenvalue weighted by Crippen LogP contribution is -2.19. The van der Waals surface area contributed by atoms with Crippen molar-refractivity contribution in [2.75, 3.05) is 6.16 Å². The molecule has 0 atom stereocenters. The third-order valence-corrected chi connectivity index (χ3v) is 4.78. The van der Waals surface area contributed by atoms with Crippen molar-refractivity contribution in [2.24, 2.45) is 0 Å². The van der Waals surface area contributed by atoms with Crippen LogP contribution < -0.4 is 0 Å². The molecule has 0 unspecified atom stereocenters. The summed E-state index contributed by atoms with van der Waals surface area (Å²) < 4.78 is 0. The van der Waals surface area contributed by atoms with Crippen molar-refractivity contribution < 1.29 is 0 Å². The van der Waals surface area contributed by atoms with Crippen LogP contribution in [0, 0.1) is 0 Å². The van der Waals surface area contributed by atoms with Gasteiger partial charge in [0.25, 0.3) is 0 Å². The van der Waals surface area contributed by atoms with E-state index < -0.39 is 14.7 Å². The minimum Gasteiger partial charge on any atom is -0.0781 e. The van der Waals surface area contributed by atoms with Crippen LogP contribution in [0.5, 0.6) is 0 Å². The van der Waals surface area contributed by atoms with E-state index in [9.17, 15) is 0 Å². The van der Waals surface area contributed by atoms with Crippen LogP contribution in [0.3, 0.4) is 0 Å². The van der Waals surface area contributed by atoms with E-state index in [1.165, 1.54) is 6.04 Å². The fourth-order valence-corrected chi connectivity index (χ4v) is 5.30. The number of rotatable bonds is 3. The van der Waals surface area contributed by atoms with Gasteiger partial charge in [0.15, 0.2) is 0 Å². The first-order valence-electron chi connectivity index (χ1n) is 3.01. The molecule has 0 saturated heterocycles. The van der Waals surface area contributed by atoms with E-state index in [0.717, 1.165) is 6.16 Å². The fourth-order valence-electron chi connectivity index (χ4n) is 0.420. The standard InChI is InChI=1S/C5H13Cl2PSi/c1-9(2,3)5-4-8(6)7/h4-5H2,1-3H3. The van der Waals surface area contributed by atoms with E-state index in [0.29, 0.717) is 0 Å². The molecule has 0 amide bonds. The molecule has 0 aromatic rings. The van der Waals surface area contributed by atoms with E-state index in [4.69, 9.17) is 22.5 Å². The molecule has 0 aromatic heterocycles. The average molecular weight is 203 g/mol. The third-order valence-electron chi connectivity index (χ3n) is 1.03. The van der Waals surface area contributed by atoms with Crippen molar-refractivity contribution in [3.8, 4) is 0 Å².